The van der Waals surface area contributed by atoms with E-state index in [-0.39, 0.29) is 5.43 Å². The summed E-state index contributed by atoms with van der Waals surface area (Å²) in [5.74, 6) is 0. The Bertz CT molecular complexity index is 916. The van der Waals surface area contributed by atoms with Crippen LogP contribution in [0.2, 0.25) is 5.15 Å². The predicted molar refractivity (Wildman–Crippen MR) is 70.4 cm³/mol. The number of benzene rings is 2. The van der Waals surface area contributed by atoms with Gasteiger partial charge in [-0.15, -0.1) is 0 Å². The molecule has 1 heterocycles. The molecule has 1 aromatic heterocycles. The SMILES string of the molecule is O=c1c2cccc3nc(Cl)c4cccc1c4c32. The largest absolute Gasteiger partial charge is 0.289 e. The van der Waals surface area contributed by atoms with Gasteiger partial charge in [-0.25, -0.2) is 4.98 Å². The van der Waals surface area contributed by atoms with Gasteiger partial charge in [-0.05, 0) is 6.07 Å². The molecule has 0 fully saturated rings. The van der Waals surface area contributed by atoms with Crippen molar-refractivity contribution < 1.29 is 0 Å². The lowest BCUT2D eigenvalue weighted by atomic mass is 10.1. The number of nitrogens with zero attached hydrogens (tertiary/aromatic N) is 1. The molecule has 0 atom stereocenters. The molecule has 4 aromatic rings. The van der Waals surface area contributed by atoms with Gasteiger partial charge in [-0.2, -0.15) is 0 Å². The van der Waals surface area contributed by atoms with Crippen molar-refractivity contribution in [3.05, 3.63) is 51.8 Å². The highest BCUT2D eigenvalue weighted by atomic mass is 35.5. The van der Waals surface area contributed by atoms with Crippen LogP contribution in [0.1, 0.15) is 0 Å². The monoisotopic (exact) mass is 239 g/mol. The molecule has 0 amide bonds. The van der Waals surface area contributed by atoms with Gasteiger partial charge in [-0.3, -0.25) is 4.79 Å². The lowest BCUT2D eigenvalue weighted by Crippen LogP contribution is -1.92. The number of hydrogen-bond donors (Lipinski definition) is 0. The van der Waals surface area contributed by atoms with E-state index < -0.39 is 0 Å². The summed E-state index contributed by atoms with van der Waals surface area (Å²) >= 11 is 6.16. The van der Waals surface area contributed by atoms with Crippen molar-refractivity contribution in [2.75, 3.05) is 0 Å². The number of halogens is 1. The van der Waals surface area contributed by atoms with E-state index in [0.717, 1.165) is 32.4 Å². The van der Waals surface area contributed by atoms with Gasteiger partial charge in [0.25, 0.3) is 0 Å². The molecule has 0 spiro atoms. The van der Waals surface area contributed by atoms with Crippen molar-refractivity contribution in [1.82, 2.24) is 4.98 Å². The first-order valence-electron chi connectivity index (χ1n) is 5.33. The second-order valence-electron chi connectivity index (χ2n) is 4.16. The van der Waals surface area contributed by atoms with E-state index in [4.69, 9.17) is 11.6 Å². The Morgan fingerprint density at radius 3 is 2.35 bits per heavy atom. The Kier molecular flexibility index (Phi) is 1.53. The zero-order valence-electron chi connectivity index (χ0n) is 8.70. The van der Waals surface area contributed by atoms with Crippen LogP contribution in [0, 0.1) is 0 Å². The summed E-state index contributed by atoms with van der Waals surface area (Å²) in [5.41, 5.74) is 0.860. The first-order chi connectivity index (χ1) is 8.27. The summed E-state index contributed by atoms with van der Waals surface area (Å²) in [5, 5.41) is 4.67. The third kappa shape index (κ3) is 0.966. The van der Waals surface area contributed by atoms with Crippen LogP contribution in [0.25, 0.3) is 32.4 Å². The highest BCUT2D eigenvalue weighted by Gasteiger charge is 2.16. The van der Waals surface area contributed by atoms with Gasteiger partial charge in [-0.1, -0.05) is 41.9 Å². The van der Waals surface area contributed by atoms with Gasteiger partial charge in [0, 0.05) is 26.9 Å². The van der Waals surface area contributed by atoms with E-state index in [2.05, 4.69) is 4.98 Å². The fourth-order valence-corrected chi connectivity index (χ4v) is 2.83. The van der Waals surface area contributed by atoms with Crippen LogP contribution in [0.3, 0.4) is 0 Å². The number of pyridine rings is 1. The molecule has 0 aliphatic rings. The van der Waals surface area contributed by atoms with Crippen molar-refractivity contribution in [3.8, 4) is 0 Å². The molecule has 0 aliphatic heterocycles. The van der Waals surface area contributed by atoms with Crippen molar-refractivity contribution >= 4 is 44.0 Å². The van der Waals surface area contributed by atoms with Crippen LogP contribution in [-0.4, -0.2) is 4.98 Å². The Morgan fingerprint density at radius 2 is 1.53 bits per heavy atom. The number of rotatable bonds is 0. The van der Waals surface area contributed by atoms with E-state index in [1.165, 1.54) is 0 Å². The topological polar surface area (TPSA) is 30.0 Å². The normalized spacial score (nSPS) is 12.1. The summed E-state index contributed by atoms with van der Waals surface area (Å²) in [6, 6.07) is 11.2. The first kappa shape index (κ1) is 9.14. The third-order valence-electron chi connectivity index (χ3n) is 3.29. The van der Waals surface area contributed by atoms with E-state index in [9.17, 15) is 4.79 Å². The average Bonchev–Trinajstić information content (AvgIpc) is 2.64. The van der Waals surface area contributed by atoms with Crippen molar-refractivity contribution in [2.24, 2.45) is 0 Å². The van der Waals surface area contributed by atoms with E-state index in [1.54, 1.807) is 0 Å². The maximum absolute atomic E-state index is 12.2. The minimum absolute atomic E-state index is 0.0697. The van der Waals surface area contributed by atoms with Crippen LogP contribution in [-0.2, 0) is 0 Å². The molecule has 2 nitrogen and oxygen atoms in total. The average molecular weight is 240 g/mol. The van der Waals surface area contributed by atoms with Gasteiger partial charge < -0.3 is 0 Å². The highest BCUT2D eigenvalue weighted by Crippen LogP contribution is 2.35. The summed E-state index contributed by atoms with van der Waals surface area (Å²) in [7, 11) is 0. The van der Waals surface area contributed by atoms with Crippen LogP contribution < -0.4 is 5.43 Å². The molecule has 0 saturated heterocycles. The molecule has 0 bridgehead atoms. The standard InChI is InChI=1S/C14H6ClNO/c15-14-9-5-1-3-7-11(9)12-8(13(7)17)4-2-6-10(12)16-14/h1-6H. The molecule has 17 heavy (non-hydrogen) atoms. The fourth-order valence-electron chi connectivity index (χ4n) is 2.58. The lowest BCUT2D eigenvalue weighted by Gasteiger charge is -2.03. The Hall–Kier alpha value is -1.93. The van der Waals surface area contributed by atoms with Gasteiger partial charge >= 0.3 is 0 Å². The van der Waals surface area contributed by atoms with Gasteiger partial charge in [0.2, 0.25) is 0 Å². The maximum atomic E-state index is 12.2. The molecule has 0 radical (unpaired) electrons. The van der Waals surface area contributed by atoms with Crippen molar-refractivity contribution in [2.45, 2.75) is 0 Å². The van der Waals surface area contributed by atoms with Crippen molar-refractivity contribution in [3.63, 3.8) is 0 Å². The van der Waals surface area contributed by atoms with E-state index in [0.29, 0.717) is 5.15 Å². The van der Waals surface area contributed by atoms with Gasteiger partial charge in [0.1, 0.15) is 5.15 Å². The molecule has 3 heteroatoms. The number of hydrogen-bond acceptors (Lipinski definition) is 2. The van der Waals surface area contributed by atoms with Crippen LogP contribution in [0.4, 0.5) is 0 Å². The minimum Gasteiger partial charge on any atom is -0.289 e. The lowest BCUT2D eigenvalue weighted by molar-refractivity contribution is 1.45. The summed E-state index contributed by atoms with van der Waals surface area (Å²) in [6.45, 7) is 0. The van der Waals surface area contributed by atoms with Gasteiger partial charge in [0.05, 0.1) is 5.52 Å². The van der Waals surface area contributed by atoms with E-state index in [1.807, 2.05) is 36.4 Å². The Balaban J connectivity index is 2.60. The molecule has 0 unspecified atom stereocenters. The summed E-state index contributed by atoms with van der Waals surface area (Å²) < 4.78 is 0. The quantitative estimate of drug-likeness (QED) is 0.348. The molecular weight excluding hydrogens is 234 g/mol. The summed E-state index contributed by atoms with van der Waals surface area (Å²) in [6.07, 6.45) is 0. The fraction of sp³-hybridized carbons (Fsp3) is 0. The maximum Gasteiger partial charge on any atom is 0.194 e. The first-order valence-corrected chi connectivity index (χ1v) is 5.71. The number of aromatic nitrogens is 1. The molecule has 3 aromatic carbocycles. The van der Waals surface area contributed by atoms with Gasteiger partial charge in [0.15, 0.2) is 5.43 Å². The molecule has 0 N–H and O–H groups in total. The van der Waals surface area contributed by atoms with Crippen LogP contribution in [0.5, 0.6) is 0 Å². The predicted octanol–water partition coefficient (Wildman–Crippen LogP) is 3.43. The van der Waals surface area contributed by atoms with E-state index >= 15 is 0 Å². The molecule has 80 valence electrons. The Labute approximate surface area is 101 Å². The summed E-state index contributed by atoms with van der Waals surface area (Å²) in [4.78, 5) is 16.6. The van der Waals surface area contributed by atoms with Crippen LogP contribution in [0.15, 0.2) is 41.2 Å². The van der Waals surface area contributed by atoms with Crippen molar-refractivity contribution in [1.29, 1.82) is 0 Å². The molecule has 4 rings (SSSR count). The molecular formula is C14H6ClNO. The highest BCUT2D eigenvalue weighted by molar-refractivity contribution is 6.38. The third-order valence-corrected chi connectivity index (χ3v) is 3.58. The second-order valence-corrected chi connectivity index (χ2v) is 4.52. The zero-order valence-corrected chi connectivity index (χ0v) is 9.45. The Morgan fingerprint density at radius 1 is 0.882 bits per heavy atom. The van der Waals surface area contributed by atoms with Crippen LogP contribution >= 0.6 is 11.6 Å². The molecule has 0 aliphatic carbocycles. The second kappa shape index (κ2) is 2.84. The zero-order chi connectivity index (χ0) is 11.6. The smallest absolute Gasteiger partial charge is 0.194 e. The molecule has 0 saturated carbocycles. The minimum atomic E-state index is 0.0697.